The summed E-state index contributed by atoms with van der Waals surface area (Å²) in [5, 5.41) is 11.7. The summed E-state index contributed by atoms with van der Waals surface area (Å²) in [4.78, 5) is 14.8. The van der Waals surface area contributed by atoms with Crippen LogP contribution in [0.3, 0.4) is 0 Å². The molecule has 1 aromatic carbocycles. The second-order valence-electron chi connectivity index (χ2n) is 8.19. The third-order valence-corrected chi connectivity index (χ3v) is 5.97. The molecule has 158 valence electrons. The Kier molecular flexibility index (Phi) is 5.72. The van der Waals surface area contributed by atoms with Gasteiger partial charge in [-0.3, -0.25) is 9.69 Å². The predicted molar refractivity (Wildman–Crippen MR) is 114 cm³/mol. The minimum absolute atomic E-state index is 0.245. The van der Waals surface area contributed by atoms with Crippen LogP contribution in [0.4, 0.5) is 0 Å². The van der Waals surface area contributed by atoms with Gasteiger partial charge in [0.05, 0.1) is 12.3 Å². The first kappa shape index (κ1) is 20.3. The van der Waals surface area contributed by atoms with Crippen LogP contribution in [-0.2, 0) is 19.5 Å². The Balaban J connectivity index is 1.44. The molecule has 1 unspecified atom stereocenters. The fraction of sp³-hybridized carbons (Fsp3) is 0.435. The quantitative estimate of drug-likeness (QED) is 0.702. The van der Waals surface area contributed by atoms with Crippen LogP contribution < -0.4 is 5.32 Å². The summed E-state index contributed by atoms with van der Waals surface area (Å²) in [7, 11) is 0. The molecule has 0 spiro atoms. The van der Waals surface area contributed by atoms with Crippen LogP contribution in [-0.4, -0.2) is 38.7 Å². The summed E-state index contributed by atoms with van der Waals surface area (Å²) in [5.74, 6) is 1.82. The first-order valence-corrected chi connectivity index (χ1v) is 10.5. The number of aryl methyl sites for hydroxylation is 3. The molecule has 1 N–H and O–H groups in total. The normalized spacial score (nSPS) is 15.5. The van der Waals surface area contributed by atoms with E-state index in [0.717, 1.165) is 44.2 Å². The third-order valence-electron chi connectivity index (χ3n) is 5.97. The van der Waals surface area contributed by atoms with Crippen LogP contribution in [0.1, 0.15) is 57.4 Å². The SMILES string of the molecule is Cc1cc(C)c(CN2CCc3nnc(C(C)NC(=O)c4ccco4)n3CC2)cc1C. The minimum atomic E-state index is -0.252. The molecule has 0 aliphatic carbocycles. The molecule has 7 heteroatoms. The second kappa shape index (κ2) is 8.44. The Morgan fingerprint density at radius 1 is 1.13 bits per heavy atom. The number of nitrogens with zero attached hydrogens (tertiary/aromatic N) is 4. The van der Waals surface area contributed by atoms with E-state index in [0.29, 0.717) is 5.76 Å². The van der Waals surface area contributed by atoms with Crippen LogP contribution in [0, 0.1) is 20.8 Å². The Bertz CT molecular complexity index is 1040. The number of hydrogen-bond donors (Lipinski definition) is 1. The zero-order valence-corrected chi connectivity index (χ0v) is 18.1. The molecule has 2 aromatic heterocycles. The maximum absolute atomic E-state index is 12.3. The topological polar surface area (TPSA) is 76.2 Å². The van der Waals surface area contributed by atoms with Crippen molar-refractivity contribution in [2.24, 2.45) is 0 Å². The van der Waals surface area contributed by atoms with E-state index in [2.05, 4.69) is 57.9 Å². The van der Waals surface area contributed by atoms with Crippen molar-refractivity contribution in [2.45, 2.75) is 53.2 Å². The van der Waals surface area contributed by atoms with E-state index in [1.807, 2.05) is 6.92 Å². The van der Waals surface area contributed by atoms with Crippen molar-refractivity contribution in [2.75, 3.05) is 13.1 Å². The fourth-order valence-corrected chi connectivity index (χ4v) is 4.04. The van der Waals surface area contributed by atoms with Gasteiger partial charge in [-0.05, 0) is 62.1 Å². The van der Waals surface area contributed by atoms with Crippen molar-refractivity contribution in [1.82, 2.24) is 25.0 Å². The molecule has 0 fully saturated rings. The van der Waals surface area contributed by atoms with Crippen molar-refractivity contribution in [3.8, 4) is 0 Å². The van der Waals surface area contributed by atoms with E-state index in [4.69, 9.17) is 4.42 Å². The highest BCUT2D eigenvalue weighted by atomic mass is 16.3. The molecule has 0 bridgehead atoms. The van der Waals surface area contributed by atoms with Gasteiger partial charge in [-0.15, -0.1) is 10.2 Å². The van der Waals surface area contributed by atoms with Crippen LogP contribution >= 0.6 is 0 Å². The van der Waals surface area contributed by atoms with E-state index in [9.17, 15) is 4.79 Å². The zero-order chi connectivity index (χ0) is 21.3. The number of carbonyl (C=O) groups excluding carboxylic acids is 1. The van der Waals surface area contributed by atoms with Gasteiger partial charge < -0.3 is 14.3 Å². The second-order valence-corrected chi connectivity index (χ2v) is 8.19. The molecule has 0 saturated carbocycles. The summed E-state index contributed by atoms with van der Waals surface area (Å²) >= 11 is 0. The smallest absolute Gasteiger partial charge is 0.287 e. The van der Waals surface area contributed by atoms with Crippen LogP contribution in [0.25, 0.3) is 0 Å². The number of benzene rings is 1. The van der Waals surface area contributed by atoms with Crippen molar-refractivity contribution < 1.29 is 9.21 Å². The van der Waals surface area contributed by atoms with E-state index in [1.165, 1.54) is 28.5 Å². The van der Waals surface area contributed by atoms with E-state index in [1.54, 1.807) is 12.1 Å². The van der Waals surface area contributed by atoms with Crippen molar-refractivity contribution in [1.29, 1.82) is 0 Å². The highest BCUT2D eigenvalue weighted by Crippen LogP contribution is 2.20. The molecule has 3 aromatic rings. The fourth-order valence-electron chi connectivity index (χ4n) is 4.04. The number of rotatable bonds is 5. The minimum Gasteiger partial charge on any atom is -0.459 e. The maximum Gasteiger partial charge on any atom is 0.287 e. The molecular formula is C23H29N5O2. The molecule has 1 atom stereocenters. The van der Waals surface area contributed by atoms with Gasteiger partial charge in [0, 0.05) is 32.6 Å². The summed E-state index contributed by atoms with van der Waals surface area (Å²) in [6.07, 6.45) is 2.34. The molecule has 30 heavy (non-hydrogen) atoms. The van der Waals surface area contributed by atoms with Gasteiger partial charge in [-0.2, -0.15) is 0 Å². The monoisotopic (exact) mass is 407 g/mol. The molecular weight excluding hydrogens is 378 g/mol. The Morgan fingerprint density at radius 3 is 2.70 bits per heavy atom. The van der Waals surface area contributed by atoms with Gasteiger partial charge >= 0.3 is 0 Å². The predicted octanol–water partition coefficient (Wildman–Crippen LogP) is 3.35. The van der Waals surface area contributed by atoms with Gasteiger partial charge in [0.1, 0.15) is 5.82 Å². The van der Waals surface area contributed by atoms with Gasteiger partial charge in [0.2, 0.25) is 0 Å². The van der Waals surface area contributed by atoms with Crippen LogP contribution in [0.5, 0.6) is 0 Å². The molecule has 1 amide bonds. The highest BCUT2D eigenvalue weighted by molar-refractivity contribution is 5.91. The number of nitrogens with one attached hydrogen (secondary N) is 1. The third kappa shape index (κ3) is 4.16. The average Bonchev–Trinajstić information content (AvgIpc) is 3.34. The number of fused-ring (bicyclic) bond motifs is 1. The molecule has 3 heterocycles. The van der Waals surface area contributed by atoms with Crippen molar-refractivity contribution >= 4 is 5.91 Å². The number of furan rings is 1. The average molecular weight is 408 g/mol. The maximum atomic E-state index is 12.3. The summed E-state index contributed by atoms with van der Waals surface area (Å²) in [6.45, 7) is 12.1. The lowest BCUT2D eigenvalue weighted by molar-refractivity contribution is 0.0909. The molecule has 0 saturated heterocycles. The molecule has 7 nitrogen and oxygen atoms in total. The molecule has 0 radical (unpaired) electrons. The van der Waals surface area contributed by atoms with Gasteiger partial charge in [0.25, 0.3) is 5.91 Å². The van der Waals surface area contributed by atoms with Crippen LogP contribution in [0.2, 0.25) is 0 Å². The van der Waals surface area contributed by atoms with Crippen molar-refractivity contribution in [3.63, 3.8) is 0 Å². The highest BCUT2D eigenvalue weighted by Gasteiger charge is 2.24. The van der Waals surface area contributed by atoms with Crippen LogP contribution in [0.15, 0.2) is 34.9 Å². The Labute approximate surface area is 177 Å². The standard InChI is InChI=1S/C23H29N5O2/c1-15-12-17(3)19(13-16(15)2)14-27-8-7-21-25-26-22(28(21)10-9-27)18(4)24-23(29)20-6-5-11-30-20/h5-6,11-13,18H,7-10,14H2,1-4H3,(H,24,29). The molecule has 1 aliphatic rings. The lowest BCUT2D eigenvalue weighted by atomic mass is 10.0. The Hall–Kier alpha value is -2.93. The Morgan fingerprint density at radius 2 is 1.93 bits per heavy atom. The first-order valence-electron chi connectivity index (χ1n) is 10.5. The van der Waals surface area contributed by atoms with Gasteiger partial charge in [-0.25, -0.2) is 0 Å². The molecule has 4 rings (SSSR count). The largest absolute Gasteiger partial charge is 0.459 e. The van der Waals surface area contributed by atoms with E-state index >= 15 is 0 Å². The number of aromatic nitrogens is 3. The van der Waals surface area contributed by atoms with Gasteiger partial charge in [-0.1, -0.05) is 12.1 Å². The molecule has 1 aliphatic heterocycles. The number of amides is 1. The zero-order valence-electron chi connectivity index (χ0n) is 18.1. The lowest BCUT2D eigenvalue weighted by Gasteiger charge is -2.22. The van der Waals surface area contributed by atoms with Crippen molar-refractivity contribution in [3.05, 3.63) is 70.2 Å². The lowest BCUT2D eigenvalue weighted by Crippen LogP contribution is -2.30. The van der Waals surface area contributed by atoms with E-state index < -0.39 is 0 Å². The number of hydrogen-bond acceptors (Lipinski definition) is 5. The first-order chi connectivity index (χ1) is 14.4. The van der Waals surface area contributed by atoms with Gasteiger partial charge in [0.15, 0.2) is 11.6 Å². The van der Waals surface area contributed by atoms with E-state index in [-0.39, 0.29) is 11.9 Å². The summed E-state index contributed by atoms with van der Waals surface area (Å²) in [5.41, 5.74) is 5.41. The summed E-state index contributed by atoms with van der Waals surface area (Å²) < 4.78 is 7.33. The number of carbonyl (C=O) groups is 1. The summed E-state index contributed by atoms with van der Waals surface area (Å²) in [6, 6.07) is 7.69.